The van der Waals surface area contributed by atoms with Gasteiger partial charge < -0.3 is 4.90 Å². The third-order valence-corrected chi connectivity index (χ3v) is 3.85. The Kier molecular flexibility index (Phi) is 6.30. The average molecular weight is 265 g/mol. The van der Waals surface area contributed by atoms with Crippen LogP contribution in [0.3, 0.4) is 0 Å². The molecule has 0 spiro atoms. The highest BCUT2D eigenvalue weighted by atomic mass is 16.2. The number of nitriles is 1. The maximum absolute atomic E-state index is 12.4. The lowest BCUT2D eigenvalue weighted by Crippen LogP contribution is -2.49. The van der Waals surface area contributed by atoms with Crippen LogP contribution in [0.5, 0.6) is 0 Å². The van der Waals surface area contributed by atoms with E-state index in [1.54, 1.807) is 0 Å². The Bertz CT molecular complexity index is 319. The number of carbonyl (C=O) groups excluding carboxylic acids is 1. The molecule has 4 heteroatoms. The maximum Gasteiger partial charge on any atom is 0.237 e. The molecular formula is C15H27N3O. The van der Waals surface area contributed by atoms with E-state index in [0.29, 0.717) is 19.1 Å². The van der Waals surface area contributed by atoms with Gasteiger partial charge in [-0.1, -0.05) is 12.8 Å². The van der Waals surface area contributed by atoms with Gasteiger partial charge >= 0.3 is 0 Å². The molecule has 0 heterocycles. The molecule has 0 aromatic carbocycles. The van der Waals surface area contributed by atoms with Gasteiger partial charge in [0.1, 0.15) is 0 Å². The third kappa shape index (κ3) is 4.50. The van der Waals surface area contributed by atoms with Crippen molar-refractivity contribution >= 4 is 5.91 Å². The van der Waals surface area contributed by atoms with Crippen LogP contribution in [0.1, 0.15) is 53.4 Å². The standard InChI is InChI=1S/C15H27N3O/c1-12(2)18(13(3)4)15(19)11-17(10-9-16)14-7-5-6-8-14/h12-14H,5-8,10-11H2,1-4H3. The lowest BCUT2D eigenvalue weighted by atomic mass is 10.2. The summed E-state index contributed by atoms with van der Waals surface area (Å²) < 4.78 is 0. The molecule has 1 fully saturated rings. The number of rotatable bonds is 6. The Morgan fingerprint density at radius 3 is 2.16 bits per heavy atom. The molecule has 4 nitrogen and oxygen atoms in total. The summed E-state index contributed by atoms with van der Waals surface area (Å²) in [4.78, 5) is 16.4. The van der Waals surface area contributed by atoms with Gasteiger partial charge in [-0.25, -0.2) is 0 Å². The molecule has 0 saturated heterocycles. The molecule has 0 aliphatic heterocycles. The summed E-state index contributed by atoms with van der Waals surface area (Å²) in [5.41, 5.74) is 0. The first-order valence-electron chi connectivity index (χ1n) is 7.39. The minimum atomic E-state index is 0.146. The van der Waals surface area contributed by atoms with E-state index < -0.39 is 0 Å². The zero-order valence-electron chi connectivity index (χ0n) is 12.7. The SMILES string of the molecule is CC(C)N(C(=O)CN(CC#N)C1CCCC1)C(C)C. The molecule has 108 valence electrons. The van der Waals surface area contributed by atoms with Gasteiger partial charge in [-0.15, -0.1) is 0 Å². The van der Waals surface area contributed by atoms with Crippen LogP contribution in [0, 0.1) is 11.3 Å². The molecule has 0 bridgehead atoms. The predicted molar refractivity (Wildman–Crippen MR) is 76.6 cm³/mol. The Labute approximate surface area is 117 Å². The number of hydrogen-bond acceptors (Lipinski definition) is 3. The zero-order chi connectivity index (χ0) is 14.4. The van der Waals surface area contributed by atoms with E-state index in [-0.39, 0.29) is 18.0 Å². The average Bonchev–Trinajstić information content (AvgIpc) is 2.80. The smallest absolute Gasteiger partial charge is 0.237 e. The van der Waals surface area contributed by atoms with E-state index in [1.165, 1.54) is 12.8 Å². The molecule has 19 heavy (non-hydrogen) atoms. The molecule has 0 unspecified atom stereocenters. The lowest BCUT2D eigenvalue weighted by molar-refractivity contribution is -0.136. The molecule has 0 aromatic rings. The monoisotopic (exact) mass is 265 g/mol. The molecular weight excluding hydrogens is 238 g/mol. The Morgan fingerprint density at radius 1 is 1.21 bits per heavy atom. The van der Waals surface area contributed by atoms with Crippen LogP contribution in [0.15, 0.2) is 0 Å². The van der Waals surface area contributed by atoms with Gasteiger partial charge in [0.15, 0.2) is 0 Å². The van der Waals surface area contributed by atoms with Crippen LogP contribution < -0.4 is 0 Å². The van der Waals surface area contributed by atoms with E-state index in [4.69, 9.17) is 5.26 Å². The second-order valence-electron chi connectivity index (χ2n) is 5.99. The molecule has 1 aliphatic rings. The quantitative estimate of drug-likeness (QED) is 0.693. The van der Waals surface area contributed by atoms with Gasteiger partial charge in [-0.2, -0.15) is 5.26 Å². The molecule has 1 rings (SSSR count). The highest BCUT2D eigenvalue weighted by molar-refractivity contribution is 5.79. The normalized spacial score (nSPS) is 16.3. The van der Waals surface area contributed by atoms with Crippen LogP contribution in [0.4, 0.5) is 0 Å². The molecule has 0 atom stereocenters. The van der Waals surface area contributed by atoms with Crippen molar-refractivity contribution in [3.63, 3.8) is 0 Å². The van der Waals surface area contributed by atoms with Crippen molar-refractivity contribution in [1.82, 2.24) is 9.80 Å². The molecule has 1 saturated carbocycles. The maximum atomic E-state index is 12.4. The van der Waals surface area contributed by atoms with Gasteiger partial charge in [-0.3, -0.25) is 9.69 Å². The molecule has 0 radical (unpaired) electrons. The second kappa shape index (κ2) is 7.49. The summed E-state index contributed by atoms with van der Waals surface area (Å²) in [6, 6.07) is 3.04. The van der Waals surface area contributed by atoms with Gasteiger partial charge in [0.2, 0.25) is 5.91 Å². The van der Waals surface area contributed by atoms with Crippen molar-refractivity contribution in [3.05, 3.63) is 0 Å². The van der Waals surface area contributed by atoms with Gasteiger partial charge in [0, 0.05) is 18.1 Å². The van der Waals surface area contributed by atoms with E-state index in [1.807, 2.05) is 32.6 Å². The van der Waals surface area contributed by atoms with E-state index in [0.717, 1.165) is 12.8 Å². The van der Waals surface area contributed by atoms with Gasteiger partial charge in [-0.05, 0) is 40.5 Å². The largest absolute Gasteiger partial charge is 0.337 e. The fourth-order valence-corrected chi connectivity index (χ4v) is 3.10. The number of amides is 1. The first-order chi connectivity index (χ1) is 8.97. The molecule has 0 N–H and O–H groups in total. The van der Waals surface area contributed by atoms with Crippen molar-refractivity contribution in [1.29, 1.82) is 5.26 Å². The summed E-state index contributed by atoms with van der Waals surface area (Å²) in [5, 5.41) is 8.95. The Hall–Kier alpha value is -1.08. The zero-order valence-corrected chi connectivity index (χ0v) is 12.7. The van der Waals surface area contributed by atoms with Gasteiger partial charge in [0.25, 0.3) is 0 Å². The summed E-state index contributed by atoms with van der Waals surface area (Å²) >= 11 is 0. The highest BCUT2D eigenvalue weighted by Gasteiger charge is 2.27. The summed E-state index contributed by atoms with van der Waals surface area (Å²) in [7, 11) is 0. The first-order valence-corrected chi connectivity index (χ1v) is 7.39. The van der Waals surface area contributed by atoms with Crippen LogP contribution in [0.2, 0.25) is 0 Å². The van der Waals surface area contributed by atoms with E-state index in [2.05, 4.69) is 11.0 Å². The Morgan fingerprint density at radius 2 is 1.74 bits per heavy atom. The fraction of sp³-hybridized carbons (Fsp3) is 0.867. The van der Waals surface area contributed by atoms with Crippen molar-refractivity contribution in [3.8, 4) is 6.07 Å². The number of hydrogen-bond donors (Lipinski definition) is 0. The van der Waals surface area contributed by atoms with Crippen molar-refractivity contribution < 1.29 is 4.79 Å². The molecule has 0 aromatic heterocycles. The topological polar surface area (TPSA) is 47.3 Å². The lowest BCUT2D eigenvalue weighted by Gasteiger charge is -2.34. The predicted octanol–water partition coefficient (Wildman–Crippen LogP) is 2.40. The minimum absolute atomic E-state index is 0.146. The van der Waals surface area contributed by atoms with Crippen molar-refractivity contribution in [2.75, 3.05) is 13.1 Å². The molecule has 1 amide bonds. The van der Waals surface area contributed by atoms with Crippen LogP contribution in [-0.4, -0.2) is 46.9 Å². The first kappa shape index (κ1) is 16.0. The highest BCUT2D eigenvalue weighted by Crippen LogP contribution is 2.23. The second-order valence-corrected chi connectivity index (χ2v) is 5.99. The minimum Gasteiger partial charge on any atom is -0.337 e. The van der Waals surface area contributed by atoms with Crippen molar-refractivity contribution in [2.24, 2.45) is 0 Å². The van der Waals surface area contributed by atoms with E-state index in [9.17, 15) is 4.79 Å². The van der Waals surface area contributed by atoms with Crippen LogP contribution in [-0.2, 0) is 4.79 Å². The molecule has 1 aliphatic carbocycles. The summed E-state index contributed by atoms with van der Waals surface area (Å²) in [5.74, 6) is 0.146. The summed E-state index contributed by atoms with van der Waals surface area (Å²) in [6.07, 6.45) is 4.69. The number of carbonyl (C=O) groups is 1. The number of nitrogens with zero attached hydrogens (tertiary/aromatic N) is 3. The van der Waals surface area contributed by atoms with Crippen LogP contribution >= 0.6 is 0 Å². The third-order valence-electron chi connectivity index (χ3n) is 3.85. The summed E-state index contributed by atoms with van der Waals surface area (Å²) in [6.45, 7) is 8.92. The Balaban J connectivity index is 2.66. The fourth-order valence-electron chi connectivity index (χ4n) is 3.10. The van der Waals surface area contributed by atoms with Crippen molar-refractivity contribution in [2.45, 2.75) is 71.5 Å². The van der Waals surface area contributed by atoms with E-state index >= 15 is 0 Å². The van der Waals surface area contributed by atoms with Crippen LogP contribution in [0.25, 0.3) is 0 Å². The van der Waals surface area contributed by atoms with Gasteiger partial charge in [0.05, 0.1) is 19.2 Å².